The Morgan fingerprint density at radius 2 is 2.43 bits per heavy atom. The van der Waals surface area contributed by atoms with Crippen molar-refractivity contribution in [2.24, 2.45) is 5.92 Å². The SMILES string of the molecule is CNC1CC1COc1cccc(Cl)c1. The summed E-state index contributed by atoms with van der Waals surface area (Å²) in [5.41, 5.74) is 0. The van der Waals surface area contributed by atoms with Crippen LogP contribution in [-0.4, -0.2) is 19.7 Å². The van der Waals surface area contributed by atoms with Crippen molar-refractivity contribution in [3.63, 3.8) is 0 Å². The van der Waals surface area contributed by atoms with Gasteiger partial charge in [-0.25, -0.2) is 0 Å². The van der Waals surface area contributed by atoms with E-state index >= 15 is 0 Å². The van der Waals surface area contributed by atoms with Crippen LogP contribution >= 0.6 is 11.6 Å². The predicted octanol–water partition coefficient (Wildman–Crippen LogP) is 2.33. The van der Waals surface area contributed by atoms with Gasteiger partial charge in [-0.05, 0) is 31.7 Å². The van der Waals surface area contributed by atoms with E-state index in [0.29, 0.717) is 12.0 Å². The van der Waals surface area contributed by atoms with E-state index in [-0.39, 0.29) is 0 Å². The van der Waals surface area contributed by atoms with Gasteiger partial charge in [0.15, 0.2) is 0 Å². The van der Waals surface area contributed by atoms with E-state index in [1.807, 2.05) is 31.3 Å². The van der Waals surface area contributed by atoms with Crippen LogP contribution in [0.2, 0.25) is 5.02 Å². The van der Waals surface area contributed by atoms with E-state index in [1.165, 1.54) is 6.42 Å². The van der Waals surface area contributed by atoms with E-state index in [2.05, 4.69) is 5.32 Å². The molecular formula is C11H14ClNO. The maximum atomic E-state index is 5.84. The predicted molar refractivity (Wildman–Crippen MR) is 57.9 cm³/mol. The third-order valence-corrected chi connectivity index (χ3v) is 2.79. The fourth-order valence-electron chi connectivity index (χ4n) is 1.55. The highest BCUT2D eigenvalue weighted by atomic mass is 35.5. The van der Waals surface area contributed by atoms with Gasteiger partial charge in [-0.3, -0.25) is 0 Å². The molecule has 1 aromatic rings. The highest BCUT2D eigenvalue weighted by Gasteiger charge is 2.36. The molecule has 1 fully saturated rings. The molecule has 1 aliphatic carbocycles. The normalized spacial score (nSPS) is 24.7. The molecule has 0 aliphatic heterocycles. The van der Waals surface area contributed by atoms with Crippen LogP contribution in [0.3, 0.4) is 0 Å². The molecule has 1 N–H and O–H groups in total. The standard InChI is InChI=1S/C11H14ClNO/c1-13-11-5-8(11)7-14-10-4-2-3-9(12)6-10/h2-4,6,8,11,13H,5,7H2,1H3. The van der Waals surface area contributed by atoms with Gasteiger partial charge in [0.2, 0.25) is 0 Å². The average Bonchev–Trinajstić information content (AvgIpc) is 2.93. The van der Waals surface area contributed by atoms with E-state index < -0.39 is 0 Å². The van der Waals surface area contributed by atoms with Gasteiger partial charge in [-0.15, -0.1) is 0 Å². The summed E-state index contributed by atoms with van der Waals surface area (Å²) in [5, 5.41) is 3.96. The molecular weight excluding hydrogens is 198 g/mol. The monoisotopic (exact) mass is 211 g/mol. The first-order chi connectivity index (χ1) is 6.79. The number of ether oxygens (including phenoxy) is 1. The molecule has 14 heavy (non-hydrogen) atoms. The van der Waals surface area contributed by atoms with Gasteiger partial charge in [0.25, 0.3) is 0 Å². The van der Waals surface area contributed by atoms with Crippen LogP contribution in [0.15, 0.2) is 24.3 Å². The van der Waals surface area contributed by atoms with Gasteiger partial charge in [-0.2, -0.15) is 0 Å². The third-order valence-electron chi connectivity index (χ3n) is 2.55. The van der Waals surface area contributed by atoms with Crippen LogP contribution < -0.4 is 10.1 Å². The minimum Gasteiger partial charge on any atom is -0.493 e. The Balaban J connectivity index is 1.81. The fraction of sp³-hybridized carbons (Fsp3) is 0.455. The largest absolute Gasteiger partial charge is 0.493 e. The lowest BCUT2D eigenvalue weighted by Gasteiger charge is -2.05. The summed E-state index contributed by atoms with van der Waals surface area (Å²) in [7, 11) is 1.99. The Hall–Kier alpha value is -0.730. The average molecular weight is 212 g/mol. The quantitative estimate of drug-likeness (QED) is 0.826. The smallest absolute Gasteiger partial charge is 0.120 e. The highest BCUT2D eigenvalue weighted by Crippen LogP contribution is 2.30. The van der Waals surface area contributed by atoms with Crippen LogP contribution in [0.5, 0.6) is 5.75 Å². The first kappa shape index (κ1) is 9.81. The number of hydrogen-bond donors (Lipinski definition) is 1. The Morgan fingerprint density at radius 1 is 1.57 bits per heavy atom. The van der Waals surface area contributed by atoms with Crippen LogP contribution in [0, 0.1) is 5.92 Å². The summed E-state index contributed by atoms with van der Waals surface area (Å²) in [6.07, 6.45) is 1.22. The summed E-state index contributed by atoms with van der Waals surface area (Å²) in [6, 6.07) is 8.18. The summed E-state index contributed by atoms with van der Waals surface area (Å²) in [5.74, 6) is 1.53. The molecule has 2 unspecified atom stereocenters. The molecule has 0 aromatic heterocycles. The number of benzene rings is 1. The summed E-state index contributed by atoms with van der Waals surface area (Å²) in [4.78, 5) is 0. The molecule has 2 atom stereocenters. The topological polar surface area (TPSA) is 21.3 Å². The molecule has 76 valence electrons. The van der Waals surface area contributed by atoms with Crippen molar-refractivity contribution in [1.29, 1.82) is 0 Å². The zero-order valence-corrected chi connectivity index (χ0v) is 8.92. The second kappa shape index (κ2) is 4.20. The third kappa shape index (κ3) is 2.40. The Kier molecular flexibility index (Phi) is 2.94. The number of nitrogens with one attached hydrogen (secondary N) is 1. The molecule has 1 aromatic carbocycles. The minimum absolute atomic E-state index is 0.647. The lowest BCUT2D eigenvalue weighted by atomic mass is 10.3. The Morgan fingerprint density at radius 3 is 3.07 bits per heavy atom. The van der Waals surface area contributed by atoms with E-state index in [0.717, 1.165) is 17.4 Å². The van der Waals surface area contributed by atoms with E-state index in [4.69, 9.17) is 16.3 Å². The Bertz CT molecular complexity index is 316. The van der Waals surface area contributed by atoms with E-state index in [1.54, 1.807) is 0 Å². The van der Waals surface area contributed by atoms with Gasteiger partial charge in [0, 0.05) is 17.0 Å². The summed E-state index contributed by atoms with van der Waals surface area (Å²) < 4.78 is 5.62. The van der Waals surface area contributed by atoms with Crippen molar-refractivity contribution in [3.05, 3.63) is 29.3 Å². The molecule has 3 heteroatoms. The van der Waals surface area contributed by atoms with Crippen molar-refractivity contribution < 1.29 is 4.74 Å². The fourth-order valence-corrected chi connectivity index (χ4v) is 1.73. The summed E-state index contributed by atoms with van der Waals surface area (Å²) in [6.45, 7) is 0.784. The lowest BCUT2D eigenvalue weighted by Crippen LogP contribution is -2.14. The second-order valence-corrected chi connectivity index (χ2v) is 4.10. The van der Waals surface area contributed by atoms with Gasteiger partial charge in [-0.1, -0.05) is 17.7 Å². The van der Waals surface area contributed by atoms with Crippen molar-refractivity contribution >= 4 is 11.6 Å². The van der Waals surface area contributed by atoms with E-state index in [9.17, 15) is 0 Å². The molecule has 0 amide bonds. The first-order valence-corrected chi connectivity index (χ1v) is 5.23. The van der Waals surface area contributed by atoms with Gasteiger partial charge < -0.3 is 10.1 Å². The van der Waals surface area contributed by atoms with Gasteiger partial charge in [0.1, 0.15) is 5.75 Å². The number of rotatable bonds is 4. The van der Waals surface area contributed by atoms with Crippen LogP contribution in [0.4, 0.5) is 0 Å². The molecule has 0 saturated heterocycles. The van der Waals surface area contributed by atoms with Crippen molar-refractivity contribution in [3.8, 4) is 5.75 Å². The zero-order chi connectivity index (χ0) is 9.97. The summed E-state index contributed by atoms with van der Waals surface area (Å²) >= 11 is 5.84. The number of hydrogen-bond acceptors (Lipinski definition) is 2. The second-order valence-electron chi connectivity index (χ2n) is 3.66. The molecule has 0 bridgehead atoms. The number of halogens is 1. The molecule has 0 spiro atoms. The lowest BCUT2D eigenvalue weighted by molar-refractivity contribution is 0.294. The molecule has 2 rings (SSSR count). The Labute approximate surface area is 89.2 Å². The molecule has 0 radical (unpaired) electrons. The van der Waals surface area contributed by atoms with Crippen LogP contribution in [-0.2, 0) is 0 Å². The maximum absolute atomic E-state index is 5.84. The maximum Gasteiger partial charge on any atom is 0.120 e. The van der Waals surface area contributed by atoms with Gasteiger partial charge in [0.05, 0.1) is 6.61 Å². The highest BCUT2D eigenvalue weighted by molar-refractivity contribution is 6.30. The van der Waals surface area contributed by atoms with Crippen molar-refractivity contribution in [2.45, 2.75) is 12.5 Å². The molecule has 0 heterocycles. The van der Waals surface area contributed by atoms with Crippen molar-refractivity contribution in [2.75, 3.05) is 13.7 Å². The zero-order valence-electron chi connectivity index (χ0n) is 8.16. The van der Waals surface area contributed by atoms with Crippen LogP contribution in [0.1, 0.15) is 6.42 Å². The first-order valence-electron chi connectivity index (χ1n) is 4.85. The van der Waals surface area contributed by atoms with Crippen LogP contribution in [0.25, 0.3) is 0 Å². The minimum atomic E-state index is 0.647. The van der Waals surface area contributed by atoms with Gasteiger partial charge >= 0.3 is 0 Å². The molecule has 1 aliphatic rings. The molecule has 2 nitrogen and oxygen atoms in total. The molecule has 1 saturated carbocycles. The van der Waals surface area contributed by atoms with Crippen molar-refractivity contribution in [1.82, 2.24) is 5.32 Å².